The Bertz CT molecular complexity index is 686. The van der Waals surface area contributed by atoms with E-state index in [1.165, 1.54) is 0 Å². The first kappa shape index (κ1) is 16.2. The van der Waals surface area contributed by atoms with Gasteiger partial charge in [-0.15, -0.1) is 0 Å². The van der Waals surface area contributed by atoms with E-state index < -0.39 is 0 Å². The van der Waals surface area contributed by atoms with Gasteiger partial charge in [-0.25, -0.2) is 0 Å². The maximum absolute atomic E-state index is 12.7. The SMILES string of the molecule is CCOc1cc(C(=O)c2cccc(N)c2)c(OCC)cc1Cl. The summed E-state index contributed by atoms with van der Waals surface area (Å²) >= 11 is 6.16. The molecule has 0 saturated heterocycles. The van der Waals surface area contributed by atoms with Gasteiger partial charge in [0.2, 0.25) is 0 Å². The van der Waals surface area contributed by atoms with Crippen LogP contribution in [0.15, 0.2) is 36.4 Å². The summed E-state index contributed by atoms with van der Waals surface area (Å²) in [5.41, 5.74) is 7.17. The second-order valence-corrected chi connectivity index (χ2v) is 5.01. The minimum Gasteiger partial charge on any atom is -0.493 e. The highest BCUT2D eigenvalue weighted by molar-refractivity contribution is 6.32. The van der Waals surface area contributed by atoms with E-state index in [0.717, 1.165) is 0 Å². The Balaban J connectivity index is 2.51. The Labute approximate surface area is 134 Å². The molecule has 0 radical (unpaired) electrons. The van der Waals surface area contributed by atoms with E-state index in [-0.39, 0.29) is 5.78 Å². The topological polar surface area (TPSA) is 61.5 Å². The lowest BCUT2D eigenvalue weighted by Gasteiger charge is -2.13. The van der Waals surface area contributed by atoms with Gasteiger partial charge in [-0.1, -0.05) is 23.7 Å². The van der Waals surface area contributed by atoms with Crippen LogP contribution in [0.4, 0.5) is 5.69 Å². The highest BCUT2D eigenvalue weighted by atomic mass is 35.5. The van der Waals surface area contributed by atoms with Crippen LogP contribution in [0.3, 0.4) is 0 Å². The quantitative estimate of drug-likeness (QED) is 0.647. The summed E-state index contributed by atoms with van der Waals surface area (Å²) < 4.78 is 11.0. The summed E-state index contributed by atoms with van der Waals surface area (Å²) in [5, 5.41) is 0.412. The van der Waals surface area contributed by atoms with Crippen LogP contribution in [0.1, 0.15) is 29.8 Å². The van der Waals surface area contributed by atoms with Gasteiger partial charge in [-0.05, 0) is 32.0 Å². The van der Waals surface area contributed by atoms with Crippen molar-refractivity contribution in [3.8, 4) is 11.5 Å². The normalized spacial score (nSPS) is 10.3. The lowest BCUT2D eigenvalue weighted by molar-refractivity contribution is 0.103. The van der Waals surface area contributed by atoms with Gasteiger partial charge in [0.05, 0.1) is 23.8 Å². The highest BCUT2D eigenvalue weighted by Gasteiger charge is 2.18. The smallest absolute Gasteiger partial charge is 0.196 e. The summed E-state index contributed by atoms with van der Waals surface area (Å²) in [4.78, 5) is 12.7. The molecule has 0 heterocycles. The van der Waals surface area contributed by atoms with Gasteiger partial charge in [-0.2, -0.15) is 0 Å². The Kier molecular flexibility index (Phi) is 5.28. The van der Waals surface area contributed by atoms with Crippen LogP contribution >= 0.6 is 11.6 Å². The van der Waals surface area contributed by atoms with E-state index in [0.29, 0.717) is 46.5 Å². The molecule has 0 unspecified atom stereocenters. The van der Waals surface area contributed by atoms with Gasteiger partial charge in [-0.3, -0.25) is 4.79 Å². The first-order valence-corrected chi connectivity index (χ1v) is 7.44. The number of hydrogen-bond acceptors (Lipinski definition) is 4. The van der Waals surface area contributed by atoms with E-state index in [4.69, 9.17) is 26.8 Å². The Hall–Kier alpha value is -2.20. The zero-order chi connectivity index (χ0) is 16.1. The fourth-order valence-electron chi connectivity index (χ4n) is 2.09. The Morgan fingerprint density at radius 3 is 2.41 bits per heavy atom. The monoisotopic (exact) mass is 319 g/mol. The number of rotatable bonds is 6. The fourth-order valence-corrected chi connectivity index (χ4v) is 2.30. The number of hydrogen-bond donors (Lipinski definition) is 1. The zero-order valence-electron chi connectivity index (χ0n) is 12.6. The molecule has 2 aromatic rings. The van der Waals surface area contributed by atoms with Crippen LogP contribution in [-0.2, 0) is 0 Å². The van der Waals surface area contributed by atoms with Crippen LogP contribution in [0.5, 0.6) is 11.5 Å². The molecule has 4 nitrogen and oxygen atoms in total. The number of anilines is 1. The van der Waals surface area contributed by atoms with Crippen molar-refractivity contribution in [1.29, 1.82) is 0 Å². The number of ether oxygens (including phenoxy) is 2. The fraction of sp³-hybridized carbons (Fsp3) is 0.235. The van der Waals surface area contributed by atoms with E-state index in [9.17, 15) is 4.79 Å². The minimum atomic E-state index is -0.187. The maximum atomic E-state index is 12.7. The standard InChI is InChI=1S/C17H18ClNO3/c1-3-21-15-10-14(18)16(22-4-2)9-13(15)17(20)11-6-5-7-12(19)8-11/h5-10H,3-4,19H2,1-2H3. The van der Waals surface area contributed by atoms with Gasteiger partial charge in [0.15, 0.2) is 5.78 Å². The predicted octanol–water partition coefficient (Wildman–Crippen LogP) is 3.95. The van der Waals surface area contributed by atoms with Crippen LogP contribution in [-0.4, -0.2) is 19.0 Å². The van der Waals surface area contributed by atoms with Crippen molar-refractivity contribution >= 4 is 23.1 Å². The van der Waals surface area contributed by atoms with Crippen molar-refractivity contribution in [3.63, 3.8) is 0 Å². The van der Waals surface area contributed by atoms with Crippen molar-refractivity contribution in [2.75, 3.05) is 18.9 Å². The molecule has 0 aliphatic heterocycles. The molecule has 0 fully saturated rings. The zero-order valence-corrected chi connectivity index (χ0v) is 13.3. The summed E-state index contributed by atoms with van der Waals surface area (Å²) in [6.45, 7) is 4.59. The number of ketones is 1. The molecule has 0 spiro atoms. The molecule has 0 aliphatic carbocycles. The third kappa shape index (κ3) is 3.52. The summed E-state index contributed by atoms with van der Waals surface area (Å²) in [7, 11) is 0. The van der Waals surface area contributed by atoms with Crippen LogP contribution in [0.25, 0.3) is 0 Å². The minimum absolute atomic E-state index is 0.187. The third-order valence-corrected chi connectivity index (χ3v) is 3.32. The molecule has 5 heteroatoms. The van der Waals surface area contributed by atoms with Crippen molar-refractivity contribution < 1.29 is 14.3 Å². The number of nitrogen functional groups attached to an aromatic ring is 1. The molecular weight excluding hydrogens is 302 g/mol. The summed E-state index contributed by atoms with van der Waals surface area (Å²) in [6.07, 6.45) is 0. The van der Waals surface area contributed by atoms with Gasteiger partial charge < -0.3 is 15.2 Å². The lowest BCUT2D eigenvalue weighted by Crippen LogP contribution is -2.07. The van der Waals surface area contributed by atoms with Gasteiger partial charge in [0.25, 0.3) is 0 Å². The Morgan fingerprint density at radius 1 is 1.09 bits per heavy atom. The maximum Gasteiger partial charge on any atom is 0.196 e. The molecule has 22 heavy (non-hydrogen) atoms. The van der Waals surface area contributed by atoms with Gasteiger partial charge in [0, 0.05) is 17.3 Å². The second kappa shape index (κ2) is 7.18. The molecule has 0 aromatic heterocycles. The number of halogens is 1. The molecule has 0 aliphatic rings. The number of benzene rings is 2. The molecule has 0 bridgehead atoms. The van der Waals surface area contributed by atoms with Crippen molar-refractivity contribution in [2.45, 2.75) is 13.8 Å². The van der Waals surface area contributed by atoms with E-state index in [1.54, 1.807) is 36.4 Å². The van der Waals surface area contributed by atoms with Crippen LogP contribution in [0, 0.1) is 0 Å². The van der Waals surface area contributed by atoms with Gasteiger partial charge >= 0.3 is 0 Å². The molecule has 2 N–H and O–H groups in total. The number of carbonyl (C=O) groups is 1. The van der Waals surface area contributed by atoms with E-state index in [2.05, 4.69) is 0 Å². The molecular formula is C17H18ClNO3. The third-order valence-electron chi connectivity index (χ3n) is 3.03. The first-order valence-electron chi connectivity index (χ1n) is 7.06. The average Bonchev–Trinajstić information content (AvgIpc) is 2.49. The molecule has 116 valence electrons. The second-order valence-electron chi connectivity index (χ2n) is 4.60. The van der Waals surface area contributed by atoms with Crippen molar-refractivity contribution in [1.82, 2.24) is 0 Å². The lowest BCUT2D eigenvalue weighted by atomic mass is 10.0. The van der Waals surface area contributed by atoms with Crippen molar-refractivity contribution in [3.05, 3.63) is 52.5 Å². The first-order chi connectivity index (χ1) is 10.6. The van der Waals surface area contributed by atoms with Gasteiger partial charge in [0.1, 0.15) is 11.5 Å². The largest absolute Gasteiger partial charge is 0.493 e. The molecule has 0 amide bonds. The Morgan fingerprint density at radius 2 is 1.77 bits per heavy atom. The van der Waals surface area contributed by atoms with Crippen LogP contribution in [0.2, 0.25) is 5.02 Å². The van der Waals surface area contributed by atoms with E-state index >= 15 is 0 Å². The average molecular weight is 320 g/mol. The predicted molar refractivity (Wildman–Crippen MR) is 88.1 cm³/mol. The van der Waals surface area contributed by atoms with Crippen molar-refractivity contribution in [2.24, 2.45) is 0 Å². The molecule has 2 aromatic carbocycles. The number of nitrogens with two attached hydrogens (primary N) is 1. The highest BCUT2D eigenvalue weighted by Crippen LogP contribution is 2.34. The molecule has 0 atom stereocenters. The number of carbonyl (C=O) groups excluding carboxylic acids is 1. The summed E-state index contributed by atoms with van der Waals surface area (Å²) in [5.74, 6) is 0.705. The molecule has 2 rings (SSSR count). The summed E-state index contributed by atoms with van der Waals surface area (Å²) in [6, 6.07) is 10.0. The van der Waals surface area contributed by atoms with E-state index in [1.807, 2.05) is 13.8 Å². The van der Waals surface area contributed by atoms with Crippen LogP contribution < -0.4 is 15.2 Å². The molecule has 0 saturated carbocycles.